The van der Waals surface area contributed by atoms with Crippen molar-refractivity contribution in [3.05, 3.63) is 29.8 Å². The fourth-order valence-electron chi connectivity index (χ4n) is 2.96. The lowest BCUT2D eigenvalue weighted by Crippen LogP contribution is -2.37. The predicted molar refractivity (Wildman–Crippen MR) is 84.6 cm³/mol. The van der Waals surface area contributed by atoms with Crippen molar-refractivity contribution >= 4 is 6.03 Å². The number of amides is 2. The van der Waals surface area contributed by atoms with Crippen LogP contribution in [-0.2, 0) is 6.54 Å². The Kier molecular flexibility index (Phi) is 6.34. The van der Waals surface area contributed by atoms with E-state index in [-0.39, 0.29) is 11.8 Å². The number of hydrogen-bond acceptors (Lipinski definition) is 2. The van der Waals surface area contributed by atoms with Crippen LogP contribution in [-0.4, -0.2) is 30.9 Å². The van der Waals surface area contributed by atoms with Crippen molar-refractivity contribution in [2.24, 2.45) is 5.92 Å². The maximum absolute atomic E-state index is 12.1. The molecule has 0 unspecified atom stereocenters. The van der Waals surface area contributed by atoms with Crippen LogP contribution in [0.15, 0.2) is 24.3 Å². The molecule has 0 radical (unpaired) electrons. The Morgan fingerprint density at radius 3 is 2.46 bits per heavy atom. The third kappa shape index (κ3) is 6.29. The molecule has 1 aliphatic rings. The summed E-state index contributed by atoms with van der Waals surface area (Å²) in [6, 6.07) is 5.35. The molecule has 7 heteroatoms. The van der Waals surface area contributed by atoms with Crippen molar-refractivity contribution in [1.29, 1.82) is 0 Å². The van der Waals surface area contributed by atoms with Crippen molar-refractivity contribution in [1.82, 2.24) is 10.2 Å². The number of nitrogens with one attached hydrogen (secondary N) is 1. The Bertz CT molecular complexity index is 526. The van der Waals surface area contributed by atoms with Crippen LogP contribution in [0.3, 0.4) is 0 Å². The molecule has 1 N–H and O–H groups in total. The first kappa shape index (κ1) is 18.4. The number of halogens is 3. The Labute approximate surface area is 140 Å². The van der Waals surface area contributed by atoms with Gasteiger partial charge in [0.15, 0.2) is 0 Å². The second kappa shape index (κ2) is 8.26. The molecule has 134 valence electrons. The molecule has 0 atom stereocenters. The van der Waals surface area contributed by atoms with Gasteiger partial charge in [-0.1, -0.05) is 37.8 Å². The number of alkyl halides is 3. The molecule has 0 spiro atoms. The number of rotatable bonds is 6. The molecule has 1 aromatic rings. The molecular formula is C17H23F3N2O2. The van der Waals surface area contributed by atoms with Gasteiger partial charge < -0.3 is 15.0 Å². The fraction of sp³-hybridized carbons (Fsp3) is 0.588. The number of carbonyl (C=O) groups is 1. The van der Waals surface area contributed by atoms with Crippen molar-refractivity contribution in [2.45, 2.75) is 45.0 Å². The highest BCUT2D eigenvalue weighted by Crippen LogP contribution is 2.27. The van der Waals surface area contributed by atoms with Crippen LogP contribution < -0.4 is 10.1 Å². The van der Waals surface area contributed by atoms with Gasteiger partial charge in [-0.25, -0.2) is 4.79 Å². The Morgan fingerprint density at radius 2 is 1.88 bits per heavy atom. The average molecular weight is 344 g/mol. The molecule has 24 heavy (non-hydrogen) atoms. The molecule has 1 aliphatic carbocycles. The Morgan fingerprint density at radius 1 is 1.25 bits per heavy atom. The van der Waals surface area contributed by atoms with Gasteiger partial charge in [-0.2, -0.15) is 0 Å². The normalized spacial score (nSPS) is 15.3. The molecule has 1 saturated carbocycles. The summed E-state index contributed by atoms with van der Waals surface area (Å²) in [6.45, 7) is 0.980. The van der Waals surface area contributed by atoms with Gasteiger partial charge in [0, 0.05) is 20.1 Å². The van der Waals surface area contributed by atoms with Crippen LogP contribution in [0, 0.1) is 5.92 Å². The van der Waals surface area contributed by atoms with Gasteiger partial charge in [0.2, 0.25) is 0 Å². The topological polar surface area (TPSA) is 41.6 Å². The SMILES string of the molecule is CN(Cc1ccc(OC(F)(F)F)cc1)C(=O)NCCC1CCCC1. The summed E-state index contributed by atoms with van der Waals surface area (Å²) in [4.78, 5) is 13.5. The summed E-state index contributed by atoms with van der Waals surface area (Å²) in [7, 11) is 1.66. The second-order valence-electron chi connectivity index (χ2n) is 6.22. The average Bonchev–Trinajstić information content (AvgIpc) is 3.01. The molecule has 1 fully saturated rings. The third-order valence-electron chi connectivity index (χ3n) is 4.23. The van der Waals surface area contributed by atoms with E-state index in [1.807, 2.05) is 0 Å². The van der Waals surface area contributed by atoms with Gasteiger partial charge >= 0.3 is 12.4 Å². The van der Waals surface area contributed by atoms with Crippen LogP contribution in [0.4, 0.5) is 18.0 Å². The minimum absolute atomic E-state index is 0.177. The van der Waals surface area contributed by atoms with E-state index in [9.17, 15) is 18.0 Å². The van der Waals surface area contributed by atoms with E-state index in [0.717, 1.165) is 17.9 Å². The van der Waals surface area contributed by atoms with Crippen molar-refractivity contribution < 1.29 is 22.7 Å². The molecule has 0 bridgehead atoms. The molecule has 0 saturated heterocycles. The van der Waals surface area contributed by atoms with Gasteiger partial charge in [0.25, 0.3) is 0 Å². The first-order chi connectivity index (χ1) is 11.3. The maximum Gasteiger partial charge on any atom is 0.573 e. The zero-order valence-corrected chi connectivity index (χ0v) is 13.7. The second-order valence-corrected chi connectivity index (χ2v) is 6.22. The summed E-state index contributed by atoms with van der Waals surface area (Å²) in [5, 5.41) is 2.89. The molecule has 2 amide bonds. The van der Waals surface area contributed by atoms with Gasteiger partial charge in [-0.3, -0.25) is 0 Å². The maximum atomic E-state index is 12.1. The molecule has 4 nitrogen and oxygen atoms in total. The minimum atomic E-state index is -4.70. The number of urea groups is 1. The number of nitrogens with zero attached hydrogens (tertiary/aromatic N) is 1. The van der Waals surface area contributed by atoms with E-state index in [4.69, 9.17) is 0 Å². The summed E-state index contributed by atoms with van der Waals surface area (Å²) >= 11 is 0. The summed E-state index contributed by atoms with van der Waals surface area (Å²) in [6.07, 6.45) is 1.37. The first-order valence-corrected chi connectivity index (χ1v) is 8.17. The zero-order valence-electron chi connectivity index (χ0n) is 13.7. The lowest BCUT2D eigenvalue weighted by molar-refractivity contribution is -0.274. The van der Waals surface area contributed by atoms with Crippen LogP contribution >= 0.6 is 0 Å². The van der Waals surface area contributed by atoms with E-state index >= 15 is 0 Å². The lowest BCUT2D eigenvalue weighted by Gasteiger charge is -2.19. The van der Waals surface area contributed by atoms with Crippen LogP contribution in [0.1, 0.15) is 37.7 Å². The van der Waals surface area contributed by atoms with E-state index in [1.165, 1.54) is 54.8 Å². The van der Waals surface area contributed by atoms with Crippen molar-refractivity contribution in [2.75, 3.05) is 13.6 Å². The summed E-state index contributed by atoms with van der Waals surface area (Å²) in [5.41, 5.74) is 0.734. The van der Waals surface area contributed by atoms with E-state index in [0.29, 0.717) is 13.1 Å². The van der Waals surface area contributed by atoms with Gasteiger partial charge in [0.05, 0.1) is 0 Å². The highest BCUT2D eigenvalue weighted by atomic mass is 19.4. The quantitative estimate of drug-likeness (QED) is 0.836. The molecular weight excluding hydrogens is 321 g/mol. The standard InChI is InChI=1S/C17H23F3N2O2/c1-22(16(23)21-11-10-13-4-2-3-5-13)12-14-6-8-15(9-7-14)24-17(18,19)20/h6-9,13H,2-5,10-12H2,1H3,(H,21,23). The lowest BCUT2D eigenvalue weighted by atomic mass is 10.0. The third-order valence-corrected chi connectivity index (χ3v) is 4.23. The van der Waals surface area contributed by atoms with E-state index in [1.54, 1.807) is 7.05 Å². The molecule has 1 aromatic carbocycles. The summed E-state index contributed by atoms with van der Waals surface area (Å²) < 4.78 is 40.1. The van der Waals surface area contributed by atoms with Gasteiger partial charge in [-0.05, 0) is 30.0 Å². The number of benzene rings is 1. The Balaban J connectivity index is 1.74. The zero-order chi connectivity index (χ0) is 17.6. The van der Waals surface area contributed by atoms with Crippen LogP contribution in [0.5, 0.6) is 5.75 Å². The highest BCUT2D eigenvalue weighted by molar-refractivity contribution is 5.73. The van der Waals surface area contributed by atoms with Crippen molar-refractivity contribution in [3.8, 4) is 5.75 Å². The van der Waals surface area contributed by atoms with Gasteiger partial charge in [-0.15, -0.1) is 13.2 Å². The number of hydrogen-bond donors (Lipinski definition) is 1. The van der Waals surface area contributed by atoms with Crippen molar-refractivity contribution in [3.63, 3.8) is 0 Å². The predicted octanol–water partition coefficient (Wildman–Crippen LogP) is 4.31. The number of carbonyl (C=O) groups excluding carboxylic acids is 1. The Hall–Kier alpha value is -1.92. The van der Waals surface area contributed by atoms with E-state index < -0.39 is 6.36 Å². The van der Waals surface area contributed by atoms with Crippen LogP contribution in [0.2, 0.25) is 0 Å². The van der Waals surface area contributed by atoms with Gasteiger partial charge in [0.1, 0.15) is 5.75 Å². The fourth-order valence-corrected chi connectivity index (χ4v) is 2.96. The summed E-state index contributed by atoms with van der Waals surface area (Å²) in [5.74, 6) is 0.451. The highest BCUT2D eigenvalue weighted by Gasteiger charge is 2.30. The van der Waals surface area contributed by atoms with E-state index in [2.05, 4.69) is 10.1 Å². The first-order valence-electron chi connectivity index (χ1n) is 8.17. The van der Waals surface area contributed by atoms with Crippen LogP contribution in [0.25, 0.3) is 0 Å². The number of ether oxygens (including phenoxy) is 1. The monoisotopic (exact) mass is 344 g/mol. The smallest absolute Gasteiger partial charge is 0.406 e. The largest absolute Gasteiger partial charge is 0.573 e. The molecule has 0 heterocycles. The minimum Gasteiger partial charge on any atom is -0.406 e. The molecule has 0 aromatic heterocycles. The molecule has 0 aliphatic heterocycles. The molecule has 2 rings (SSSR count).